The lowest BCUT2D eigenvalue weighted by atomic mass is 10.1. The van der Waals surface area contributed by atoms with Crippen molar-refractivity contribution in [3.63, 3.8) is 0 Å². The maximum Gasteiger partial charge on any atom is 0.171 e. The number of aromatic nitrogens is 2. The van der Waals surface area contributed by atoms with E-state index in [1.165, 1.54) is 11.6 Å². The van der Waals surface area contributed by atoms with Crippen molar-refractivity contribution in [2.24, 2.45) is 7.05 Å². The summed E-state index contributed by atoms with van der Waals surface area (Å²) in [6, 6.07) is 12.9. The van der Waals surface area contributed by atoms with Crippen LogP contribution in [0.1, 0.15) is 17.7 Å². The number of hydrogen-bond acceptors (Lipinski definition) is 4. The van der Waals surface area contributed by atoms with Crippen LogP contribution < -0.4 is 14.8 Å². The van der Waals surface area contributed by atoms with Gasteiger partial charge in [-0.25, -0.2) is 4.39 Å². The fraction of sp³-hybridized carbons (Fsp3) is 0.320. The molecule has 0 saturated heterocycles. The van der Waals surface area contributed by atoms with Crippen molar-refractivity contribution in [3.05, 3.63) is 65.7 Å². The predicted octanol–water partition coefficient (Wildman–Crippen LogP) is 4.54. The van der Waals surface area contributed by atoms with Crippen LogP contribution >= 0.6 is 0 Å². The topological polar surface area (TPSA) is 48.3 Å². The molecule has 0 fully saturated rings. The van der Waals surface area contributed by atoms with Crippen LogP contribution in [0.2, 0.25) is 0 Å². The van der Waals surface area contributed by atoms with Gasteiger partial charge in [-0.3, -0.25) is 4.98 Å². The average Bonchev–Trinajstić information content (AvgIpc) is 3.07. The predicted molar refractivity (Wildman–Crippen MR) is 120 cm³/mol. The van der Waals surface area contributed by atoms with Gasteiger partial charge in [0.25, 0.3) is 0 Å². The highest BCUT2D eigenvalue weighted by atomic mass is 19.1. The molecular formula is C25H26FN3O2. The molecule has 3 heterocycles. The van der Waals surface area contributed by atoms with E-state index in [9.17, 15) is 4.39 Å². The highest BCUT2D eigenvalue weighted by Gasteiger charge is 2.23. The Bertz CT molecular complexity index is 1250. The van der Waals surface area contributed by atoms with Gasteiger partial charge < -0.3 is 19.4 Å². The molecule has 31 heavy (non-hydrogen) atoms. The lowest BCUT2D eigenvalue weighted by molar-refractivity contribution is 0.0925. The number of nitrogens with zero attached hydrogens (tertiary/aromatic N) is 2. The third kappa shape index (κ3) is 3.95. The van der Waals surface area contributed by atoms with Crippen LogP contribution in [0.25, 0.3) is 21.8 Å². The molecule has 0 saturated carbocycles. The van der Waals surface area contributed by atoms with Gasteiger partial charge in [-0.05, 0) is 74.3 Å². The van der Waals surface area contributed by atoms with Crippen molar-refractivity contribution in [2.75, 3.05) is 19.7 Å². The first-order valence-corrected chi connectivity index (χ1v) is 10.7. The summed E-state index contributed by atoms with van der Waals surface area (Å²) < 4.78 is 27.9. The minimum Gasteiger partial charge on any atom is -0.486 e. The summed E-state index contributed by atoms with van der Waals surface area (Å²) in [5, 5.41) is 5.46. The standard InChI is InChI=1S/C25H26FN3O2/c1-16-5-7-20-22(28-16)8-10-24-25(20)31-19(15-30-24)13-27-11-3-4-17-14-29(2)23-9-6-18(26)12-21(17)23/h5-10,12,14,19,27H,3-4,11,13,15H2,1-2H3/t19-/m0/s1. The van der Waals surface area contributed by atoms with Crippen LogP contribution in [0.3, 0.4) is 0 Å². The van der Waals surface area contributed by atoms with E-state index in [0.717, 1.165) is 58.4 Å². The van der Waals surface area contributed by atoms with E-state index in [4.69, 9.17) is 9.47 Å². The van der Waals surface area contributed by atoms with E-state index in [-0.39, 0.29) is 11.9 Å². The Morgan fingerprint density at radius 3 is 2.97 bits per heavy atom. The summed E-state index contributed by atoms with van der Waals surface area (Å²) in [6.07, 6.45) is 3.91. The zero-order chi connectivity index (χ0) is 21.4. The van der Waals surface area contributed by atoms with Crippen LogP contribution in [-0.2, 0) is 13.5 Å². The molecule has 0 amide bonds. The molecule has 6 heteroatoms. The minimum absolute atomic E-state index is 0.0499. The number of halogens is 1. The molecule has 0 unspecified atom stereocenters. The summed E-state index contributed by atoms with van der Waals surface area (Å²) in [4.78, 5) is 4.58. The van der Waals surface area contributed by atoms with Gasteiger partial charge in [-0.2, -0.15) is 0 Å². The molecule has 0 spiro atoms. The van der Waals surface area contributed by atoms with E-state index in [1.54, 1.807) is 6.07 Å². The highest BCUT2D eigenvalue weighted by molar-refractivity contribution is 5.88. The lowest BCUT2D eigenvalue weighted by Crippen LogP contribution is -2.38. The molecule has 5 rings (SSSR count). The number of benzene rings is 2. The SMILES string of the molecule is Cc1ccc2c3c(ccc2n1)OC[C@H](CNCCCc1cn(C)c2ccc(F)cc12)O3. The summed E-state index contributed by atoms with van der Waals surface area (Å²) in [5.74, 6) is 1.36. The molecule has 1 aliphatic heterocycles. The molecule has 5 nitrogen and oxygen atoms in total. The Morgan fingerprint density at radius 1 is 1.16 bits per heavy atom. The van der Waals surface area contributed by atoms with Crippen molar-refractivity contribution in [1.82, 2.24) is 14.9 Å². The normalized spacial score (nSPS) is 15.6. The van der Waals surface area contributed by atoms with Gasteiger partial charge in [-0.1, -0.05) is 0 Å². The average molecular weight is 420 g/mol. The third-order valence-electron chi connectivity index (χ3n) is 5.84. The number of ether oxygens (including phenoxy) is 2. The first-order chi connectivity index (χ1) is 15.1. The minimum atomic E-state index is -0.189. The van der Waals surface area contributed by atoms with Crippen molar-refractivity contribution < 1.29 is 13.9 Å². The van der Waals surface area contributed by atoms with Crippen molar-refractivity contribution in [2.45, 2.75) is 25.9 Å². The molecule has 4 aromatic rings. The smallest absolute Gasteiger partial charge is 0.171 e. The molecule has 1 N–H and O–H groups in total. The Morgan fingerprint density at radius 2 is 2.06 bits per heavy atom. The number of rotatable bonds is 6. The van der Waals surface area contributed by atoms with Crippen LogP contribution in [0.5, 0.6) is 11.5 Å². The Labute approximate surface area is 180 Å². The first kappa shape index (κ1) is 19.8. The van der Waals surface area contributed by atoms with E-state index in [2.05, 4.69) is 21.1 Å². The molecular weight excluding hydrogens is 393 g/mol. The van der Waals surface area contributed by atoms with Crippen molar-refractivity contribution in [1.29, 1.82) is 0 Å². The summed E-state index contributed by atoms with van der Waals surface area (Å²) in [6.45, 7) is 4.07. The maximum atomic E-state index is 13.6. The van der Waals surface area contributed by atoms with E-state index < -0.39 is 0 Å². The molecule has 0 aliphatic carbocycles. The van der Waals surface area contributed by atoms with Crippen LogP contribution in [0.4, 0.5) is 4.39 Å². The molecule has 0 radical (unpaired) electrons. The second-order valence-corrected chi connectivity index (χ2v) is 8.20. The summed E-state index contributed by atoms with van der Waals surface area (Å²) in [5.41, 5.74) is 4.14. The number of aryl methyl sites for hydroxylation is 3. The number of pyridine rings is 1. The summed E-state index contributed by atoms with van der Waals surface area (Å²) >= 11 is 0. The molecule has 160 valence electrons. The third-order valence-corrected chi connectivity index (χ3v) is 5.84. The molecule has 0 bridgehead atoms. The molecule has 2 aromatic carbocycles. The number of nitrogens with one attached hydrogen (secondary N) is 1. The van der Waals surface area contributed by atoms with Gasteiger partial charge in [0.15, 0.2) is 11.5 Å². The second kappa shape index (κ2) is 8.19. The van der Waals surface area contributed by atoms with Crippen molar-refractivity contribution >= 4 is 21.8 Å². The van der Waals surface area contributed by atoms with E-state index >= 15 is 0 Å². The van der Waals surface area contributed by atoms with Crippen molar-refractivity contribution in [3.8, 4) is 11.5 Å². The largest absolute Gasteiger partial charge is 0.486 e. The molecule has 2 aromatic heterocycles. The van der Waals surface area contributed by atoms with Gasteiger partial charge in [0.2, 0.25) is 0 Å². The number of hydrogen-bond donors (Lipinski definition) is 1. The Balaban J connectivity index is 1.17. The van der Waals surface area contributed by atoms with Gasteiger partial charge in [-0.15, -0.1) is 0 Å². The lowest BCUT2D eigenvalue weighted by Gasteiger charge is -2.27. The monoisotopic (exact) mass is 419 g/mol. The molecule has 1 aliphatic rings. The highest BCUT2D eigenvalue weighted by Crippen LogP contribution is 2.38. The fourth-order valence-corrected chi connectivity index (χ4v) is 4.29. The zero-order valence-electron chi connectivity index (χ0n) is 17.8. The molecule has 1 atom stereocenters. The van der Waals surface area contributed by atoms with Gasteiger partial charge >= 0.3 is 0 Å². The van der Waals surface area contributed by atoms with Crippen LogP contribution in [0, 0.1) is 12.7 Å². The number of fused-ring (bicyclic) bond motifs is 4. The van der Waals surface area contributed by atoms with Crippen LogP contribution in [-0.4, -0.2) is 35.4 Å². The van der Waals surface area contributed by atoms with E-state index in [1.807, 2.05) is 44.3 Å². The fourth-order valence-electron chi connectivity index (χ4n) is 4.29. The first-order valence-electron chi connectivity index (χ1n) is 10.7. The second-order valence-electron chi connectivity index (χ2n) is 8.20. The Kier molecular flexibility index (Phi) is 5.24. The van der Waals surface area contributed by atoms with Gasteiger partial charge in [0.1, 0.15) is 18.5 Å². The quantitative estimate of drug-likeness (QED) is 0.466. The maximum absolute atomic E-state index is 13.6. The van der Waals surface area contributed by atoms with E-state index in [0.29, 0.717) is 13.2 Å². The van der Waals surface area contributed by atoms with Gasteiger partial charge in [0, 0.05) is 41.8 Å². The van der Waals surface area contributed by atoms with Gasteiger partial charge in [0.05, 0.1) is 5.52 Å². The zero-order valence-corrected chi connectivity index (χ0v) is 17.8. The summed E-state index contributed by atoms with van der Waals surface area (Å²) in [7, 11) is 2.00. The van der Waals surface area contributed by atoms with Crippen LogP contribution in [0.15, 0.2) is 48.7 Å². The Hall–Kier alpha value is -3.12.